The number of aromatic nitrogens is 2. The van der Waals surface area contributed by atoms with Crippen LogP contribution in [0.1, 0.15) is 16.8 Å². The molecule has 6 heteroatoms. The molecular weight excluding hydrogens is 263 g/mol. The molecule has 0 saturated carbocycles. The molecule has 1 aromatic heterocycles. The monoisotopic (exact) mass is 278 g/mol. The first-order valence-corrected chi connectivity index (χ1v) is 6.19. The summed E-state index contributed by atoms with van der Waals surface area (Å²) in [4.78, 5) is 11.6. The van der Waals surface area contributed by atoms with Crippen LogP contribution >= 0.6 is 0 Å². The number of aryl methyl sites for hydroxylation is 1. The maximum Gasteiger partial charge on any atom is 0.341 e. The highest BCUT2D eigenvalue weighted by atomic mass is 19.1. The summed E-state index contributed by atoms with van der Waals surface area (Å²) < 4.78 is 24.6. The minimum atomic E-state index is -0.403. The highest BCUT2D eigenvalue weighted by molar-refractivity contribution is 5.88. The molecule has 0 spiro atoms. The molecule has 0 atom stereocenters. The second-order valence-electron chi connectivity index (χ2n) is 4.19. The Bertz CT molecular complexity index is 566. The molecular formula is C14H15FN2O3. The van der Waals surface area contributed by atoms with Gasteiger partial charge in [-0.15, -0.1) is 0 Å². The van der Waals surface area contributed by atoms with Gasteiger partial charge in [0.2, 0.25) is 0 Å². The SMILES string of the molecule is Cn1cc(C(=O)OCCCOc2ccc(F)cc2)cn1. The van der Waals surface area contributed by atoms with Crippen molar-refractivity contribution in [3.8, 4) is 5.75 Å². The van der Waals surface area contributed by atoms with Gasteiger partial charge in [0.1, 0.15) is 11.6 Å². The molecule has 5 nitrogen and oxygen atoms in total. The Balaban J connectivity index is 1.64. The quantitative estimate of drug-likeness (QED) is 0.600. The van der Waals surface area contributed by atoms with Gasteiger partial charge in [-0.2, -0.15) is 5.10 Å². The Labute approximate surface area is 115 Å². The molecule has 0 fully saturated rings. The summed E-state index contributed by atoms with van der Waals surface area (Å²) in [5.74, 6) is -0.118. The van der Waals surface area contributed by atoms with E-state index in [9.17, 15) is 9.18 Å². The fraction of sp³-hybridized carbons (Fsp3) is 0.286. The first kappa shape index (κ1) is 14.0. The highest BCUT2D eigenvalue weighted by Crippen LogP contribution is 2.11. The molecule has 0 radical (unpaired) electrons. The summed E-state index contributed by atoms with van der Waals surface area (Å²) in [6, 6.07) is 5.77. The lowest BCUT2D eigenvalue weighted by atomic mass is 10.3. The van der Waals surface area contributed by atoms with Crippen molar-refractivity contribution in [1.29, 1.82) is 0 Å². The summed E-state index contributed by atoms with van der Waals surface area (Å²) in [6.45, 7) is 0.654. The standard InChI is InChI=1S/C14H15FN2O3/c1-17-10-11(9-16-17)14(18)20-8-2-7-19-13-5-3-12(15)4-6-13/h3-6,9-10H,2,7-8H2,1H3. The fourth-order valence-electron chi connectivity index (χ4n) is 1.55. The number of hydrogen-bond acceptors (Lipinski definition) is 4. The number of ether oxygens (including phenoxy) is 2. The van der Waals surface area contributed by atoms with E-state index in [0.717, 1.165) is 0 Å². The normalized spacial score (nSPS) is 10.3. The van der Waals surface area contributed by atoms with Gasteiger partial charge in [-0.05, 0) is 24.3 Å². The van der Waals surface area contributed by atoms with Crippen LogP contribution in [0.2, 0.25) is 0 Å². The van der Waals surface area contributed by atoms with Crippen molar-refractivity contribution in [2.45, 2.75) is 6.42 Å². The summed E-state index contributed by atoms with van der Waals surface area (Å²) in [5.41, 5.74) is 0.423. The van der Waals surface area contributed by atoms with Crippen LogP contribution in [-0.2, 0) is 11.8 Å². The predicted molar refractivity (Wildman–Crippen MR) is 70.0 cm³/mol. The average Bonchev–Trinajstić information content (AvgIpc) is 2.87. The van der Waals surface area contributed by atoms with Crippen molar-refractivity contribution in [2.24, 2.45) is 7.05 Å². The van der Waals surface area contributed by atoms with Crippen molar-refractivity contribution in [3.05, 3.63) is 48.0 Å². The van der Waals surface area contributed by atoms with Crippen molar-refractivity contribution in [1.82, 2.24) is 9.78 Å². The number of nitrogens with zero attached hydrogens (tertiary/aromatic N) is 2. The molecule has 0 bridgehead atoms. The zero-order chi connectivity index (χ0) is 14.4. The van der Waals surface area contributed by atoms with E-state index in [1.807, 2.05) is 0 Å². The van der Waals surface area contributed by atoms with Crippen LogP contribution in [0.15, 0.2) is 36.7 Å². The van der Waals surface area contributed by atoms with E-state index in [2.05, 4.69) is 5.10 Å². The smallest absolute Gasteiger partial charge is 0.341 e. The second kappa shape index (κ2) is 6.70. The number of benzene rings is 1. The van der Waals surface area contributed by atoms with E-state index in [4.69, 9.17) is 9.47 Å². The van der Waals surface area contributed by atoms with E-state index in [-0.39, 0.29) is 12.4 Å². The molecule has 0 unspecified atom stereocenters. The second-order valence-corrected chi connectivity index (χ2v) is 4.19. The molecule has 0 aliphatic carbocycles. The Morgan fingerprint density at radius 1 is 1.30 bits per heavy atom. The maximum atomic E-state index is 12.7. The van der Waals surface area contributed by atoms with Crippen LogP contribution in [0.5, 0.6) is 5.75 Å². The lowest BCUT2D eigenvalue weighted by Crippen LogP contribution is -2.08. The van der Waals surface area contributed by atoms with E-state index < -0.39 is 5.97 Å². The first-order chi connectivity index (χ1) is 9.65. The maximum absolute atomic E-state index is 12.7. The van der Waals surface area contributed by atoms with E-state index in [0.29, 0.717) is 24.3 Å². The van der Waals surface area contributed by atoms with Gasteiger partial charge >= 0.3 is 5.97 Å². The Morgan fingerprint density at radius 3 is 2.70 bits per heavy atom. The Kier molecular flexibility index (Phi) is 4.70. The molecule has 1 aromatic carbocycles. The Hall–Kier alpha value is -2.37. The van der Waals surface area contributed by atoms with Gasteiger partial charge in [0.05, 0.1) is 25.0 Å². The van der Waals surface area contributed by atoms with Gasteiger partial charge in [-0.3, -0.25) is 4.68 Å². The zero-order valence-corrected chi connectivity index (χ0v) is 11.1. The number of esters is 1. The largest absolute Gasteiger partial charge is 0.493 e. The lowest BCUT2D eigenvalue weighted by Gasteiger charge is -2.06. The average molecular weight is 278 g/mol. The van der Waals surface area contributed by atoms with Crippen LogP contribution in [0.3, 0.4) is 0 Å². The van der Waals surface area contributed by atoms with Gasteiger partial charge in [0, 0.05) is 19.7 Å². The van der Waals surface area contributed by atoms with Crippen molar-refractivity contribution < 1.29 is 18.7 Å². The van der Waals surface area contributed by atoms with Crippen molar-refractivity contribution in [2.75, 3.05) is 13.2 Å². The van der Waals surface area contributed by atoms with E-state index in [1.165, 1.54) is 23.0 Å². The molecule has 2 rings (SSSR count). The van der Waals surface area contributed by atoms with Gasteiger partial charge in [0.25, 0.3) is 0 Å². The summed E-state index contributed by atoms with van der Waals surface area (Å²) in [6.07, 6.45) is 3.61. The zero-order valence-electron chi connectivity index (χ0n) is 11.1. The third kappa shape index (κ3) is 4.08. The molecule has 20 heavy (non-hydrogen) atoms. The third-order valence-corrected chi connectivity index (χ3v) is 2.54. The topological polar surface area (TPSA) is 53.4 Å². The summed E-state index contributed by atoms with van der Waals surface area (Å²) >= 11 is 0. The first-order valence-electron chi connectivity index (χ1n) is 6.19. The number of carbonyl (C=O) groups excluding carboxylic acids is 1. The molecule has 0 amide bonds. The number of carbonyl (C=O) groups is 1. The third-order valence-electron chi connectivity index (χ3n) is 2.54. The molecule has 0 aliphatic rings. The van der Waals surface area contributed by atoms with Gasteiger partial charge in [-0.25, -0.2) is 9.18 Å². The van der Waals surface area contributed by atoms with Crippen molar-refractivity contribution >= 4 is 5.97 Å². The molecule has 0 aliphatic heterocycles. The van der Waals surface area contributed by atoms with Crippen LogP contribution in [0.25, 0.3) is 0 Å². The van der Waals surface area contributed by atoms with Gasteiger partial charge in [0.15, 0.2) is 0 Å². The molecule has 1 heterocycles. The summed E-state index contributed by atoms with van der Waals surface area (Å²) in [7, 11) is 1.73. The minimum Gasteiger partial charge on any atom is -0.493 e. The van der Waals surface area contributed by atoms with E-state index >= 15 is 0 Å². The van der Waals surface area contributed by atoms with Crippen LogP contribution in [-0.4, -0.2) is 29.0 Å². The van der Waals surface area contributed by atoms with Gasteiger partial charge in [-0.1, -0.05) is 0 Å². The predicted octanol–water partition coefficient (Wildman–Crippen LogP) is 2.19. The lowest BCUT2D eigenvalue weighted by molar-refractivity contribution is 0.0486. The molecule has 2 aromatic rings. The van der Waals surface area contributed by atoms with E-state index in [1.54, 1.807) is 25.4 Å². The minimum absolute atomic E-state index is 0.259. The summed E-state index contributed by atoms with van der Waals surface area (Å²) in [5, 5.41) is 3.89. The fourth-order valence-corrected chi connectivity index (χ4v) is 1.55. The number of hydrogen-bond donors (Lipinski definition) is 0. The highest BCUT2D eigenvalue weighted by Gasteiger charge is 2.08. The Morgan fingerprint density at radius 2 is 2.05 bits per heavy atom. The number of halogens is 1. The molecule has 0 saturated heterocycles. The van der Waals surface area contributed by atoms with Crippen LogP contribution in [0, 0.1) is 5.82 Å². The number of rotatable bonds is 6. The molecule has 106 valence electrons. The van der Waals surface area contributed by atoms with Gasteiger partial charge < -0.3 is 9.47 Å². The van der Waals surface area contributed by atoms with Crippen molar-refractivity contribution in [3.63, 3.8) is 0 Å². The molecule has 0 N–H and O–H groups in total. The van der Waals surface area contributed by atoms with Crippen LogP contribution in [0.4, 0.5) is 4.39 Å². The van der Waals surface area contributed by atoms with Crippen LogP contribution < -0.4 is 4.74 Å².